The topological polar surface area (TPSA) is 41.5 Å². The number of aliphatic hydroxyl groups is 1. The number of aliphatic hydroxyl groups excluding tert-OH is 1. The fourth-order valence-electron chi connectivity index (χ4n) is 0.658. The molecule has 0 aliphatic carbocycles. The third-order valence-electron chi connectivity index (χ3n) is 1.45. The van der Waals surface area contributed by atoms with Gasteiger partial charge in [0.05, 0.1) is 19.3 Å². The van der Waals surface area contributed by atoms with Gasteiger partial charge in [-0.3, -0.25) is 0 Å². The summed E-state index contributed by atoms with van der Waals surface area (Å²) >= 11 is 0. The fraction of sp³-hybridized carbons (Fsp3) is 1.00. The van der Waals surface area contributed by atoms with E-state index >= 15 is 0 Å². The van der Waals surface area contributed by atoms with Crippen LogP contribution in [0.15, 0.2) is 0 Å². The first-order chi connectivity index (χ1) is 5.31. The van der Waals surface area contributed by atoms with E-state index in [-0.39, 0.29) is 6.10 Å². The number of nitrogens with one attached hydrogen (secondary N) is 1. The molecule has 0 bridgehead atoms. The van der Waals surface area contributed by atoms with Gasteiger partial charge < -0.3 is 15.2 Å². The Morgan fingerprint density at radius 2 is 2.18 bits per heavy atom. The second-order valence-electron chi connectivity index (χ2n) is 2.49. The van der Waals surface area contributed by atoms with Crippen molar-refractivity contribution in [2.75, 3.05) is 26.3 Å². The van der Waals surface area contributed by atoms with Crippen molar-refractivity contribution in [2.24, 2.45) is 0 Å². The van der Waals surface area contributed by atoms with E-state index in [1.807, 2.05) is 6.92 Å². The van der Waals surface area contributed by atoms with Crippen LogP contribution >= 0.6 is 0 Å². The lowest BCUT2D eigenvalue weighted by atomic mass is 10.3. The number of ether oxygens (including phenoxy) is 1. The Balaban J connectivity index is 2.89. The smallest absolute Gasteiger partial charge is 0.0771 e. The van der Waals surface area contributed by atoms with Crippen molar-refractivity contribution in [1.82, 2.24) is 5.32 Å². The van der Waals surface area contributed by atoms with Crippen molar-refractivity contribution in [3.05, 3.63) is 0 Å². The summed E-state index contributed by atoms with van der Waals surface area (Å²) in [6.07, 6.45) is 0.470. The van der Waals surface area contributed by atoms with E-state index in [1.54, 1.807) is 0 Å². The SMILES string of the molecule is CCNCCOCC(O)CC. The Morgan fingerprint density at radius 3 is 2.73 bits per heavy atom. The molecule has 0 aliphatic heterocycles. The van der Waals surface area contributed by atoms with Gasteiger partial charge in [-0.2, -0.15) is 0 Å². The van der Waals surface area contributed by atoms with Crippen molar-refractivity contribution < 1.29 is 9.84 Å². The van der Waals surface area contributed by atoms with Crippen LogP contribution in [0.1, 0.15) is 20.3 Å². The van der Waals surface area contributed by atoms with Gasteiger partial charge in [0, 0.05) is 6.54 Å². The maximum atomic E-state index is 9.07. The van der Waals surface area contributed by atoms with Gasteiger partial charge in [0.1, 0.15) is 0 Å². The molecule has 0 amide bonds. The molecule has 1 unspecified atom stereocenters. The van der Waals surface area contributed by atoms with Gasteiger partial charge in [0.15, 0.2) is 0 Å². The van der Waals surface area contributed by atoms with Crippen LogP contribution in [-0.4, -0.2) is 37.5 Å². The molecule has 0 aromatic rings. The third kappa shape index (κ3) is 7.78. The van der Waals surface area contributed by atoms with E-state index in [0.717, 1.165) is 19.5 Å². The first kappa shape index (κ1) is 10.9. The molecule has 0 aromatic carbocycles. The zero-order valence-electron chi connectivity index (χ0n) is 7.47. The van der Waals surface area contributed by atoms with Gasteiger partial charge >= 0.3 is 0 Å². The number of hydrogen-bond acceptors (Lipinski definition) is 3. The summed E-state index contributed by atoms with van der Waals surface area (Å²) in [6, 6.07) is 0. The van der Waals surface area contributed by atoms with E-state index in [1.165, 1.54) is 0 Å². The van der Waals surface area contributed by atoms with Gasteiger partial charge in [-0.05, 0) is 13.0 Å². The Kier molecular flexibility index (Phi) is 7.89. The Labute approximate surface area is 68.8 Å². The molecule has 0 aromatic heterocycles. The summed E-state index contributed by atoms with van der Waals surface area (Å²) < 4.78 is 5.18. The zero-order chi connectivity index (χ0) is 8.53. The highest BCUT2D eigenvalue weighted by Crippen LogP contribution is 1.89. The maximum Gasteiger partial charge on any atom is 0.0771 e. The van der Waals surface area contributed by atoms with Crippen LogP contribution in [0.4, 0.5) is 0 Å². The van der Waals surface area contributed by atoms with Crippen LogP contribution in [0.3, 0.4) is 0 Å². The minimum absolute atomic E-state index is 0.295. The highest BCUT2D eigenvalue weighted by Gasteiger charge is 1.98. The quantitative estimate of drug-likeness (QED) is 0.530. The third-order valence-corrected chi connectivity index (χ3v) is 1.45. The monoisotopic (exact) mass is 161 g/mol. The van der Waals surface area contributed by atoms with E-state index in [0.29, 0.717) is 13.2 Å². The Morgan fingerprint density at radius 1 is 1.45 bits per heavy atom. The normalized spacial score (nSPS) is 13.4. The molecule has 11 heavy (non-hydrogen) atoms. The van der Waals surface area contributed by atoms with Gasteiger partial charge in [-0.15, -0.1) is 0 Å². The molecule has 0 aliphatic rings. The highest BCUT2D eigenvalue weighted by atomic mass is 16.5. The summed E-state index contributed by atoms with van der Waals surface area (Å²) in [4.78, 5) is 0. The first-order valence-corrected chi connectivity index (χ1v) is 4.27. The van der Waals surface area contributed by atoms with E-state index in [4.69, 9.17) is 9.84 Å². The molecule has 3 heteroatoms. The van der Waals surface area contributed by atoms with E-state index in [2.05, 4.69) is 12.2 Å². The lowest BCUT2D eigenvalue weighted by molar-refractivity contribution is 0.0365. The lowest BCUT2D eigenvalue weighted by Gasteiger charge is -2.08. The second kappa shape index (κ2) is 7.98. The Hall–Kier alpha value is -0.120. The highest BCUT2D eigenvalue weighted by molar-refractivity contribution is 4.49. The summed E-state index contributed by atoms with van der Waals surface area (Å²) in [5, 5.41) is 12.2. The van der Waals surface area contributed by atoms with Crippen molar-refractivity contribution in [2.45, 2.75) is 26.4 Å². The molecule has 2 N–H and O–H groups in total. The summed E-state index contributed by atoms with van der Waals surface area (Å²) in [5.74, 6) is 0. The molecule has 0 spiro atoms. The van der Waals surface area contributed by atoms with Crippen LogP contribution in [0.2, 0.25) is 0 Å². The standard InChI is InChI=1S/C8H19NO2/c1-3-8(10)7-11-6-5-9-4-2/h8-10H,3-7H2,1-2H3. The van der Waals surface area contributed by atoms with Gasteiger partial charge in [0.2, 0.25) is 0 Å². The summed E-state index contributed by atoms with van der Waals surface area (Å²) in [5.41, 5.74) is 0. The van der Waals surface area contributed by atoms with Crippen LogP contribution in [0, 0.1) is 0 Å². The second-order valence-corrected chi connectivity index (χ2v) is 2.49. The van der Waals surface area contributed by atoms with Gasteiger partial charge in [0.25, 0.3) is 0 Å². The molecular formula is C8H19NO2. The van der Waals surface area contributed by atoms with Crippen molar-refractivity contribution in [3.63, 3.8) is 0 Å². The molecule has 0 saturated heterocycles. The summed E-state index contributed by atoms with van der Waals surface area (Å²) in [7, 11) is 0. The molecule has 0 heterocycles. The maximum absolute atomic E-state index is 9.07. The molecule has 0 fully saturated rings. The molecule has 68 valence electrons. The van der Waals surface area contributed by atoms with Crippen LogP contribution in [0.5, 0.6) is 0 Å². The van der Waals surface area contributed by atoms with Crippen molar-refractivity contribution >= 4 is 0 Å². The Bertz CT molecular complexity index is 78.5. The predicted molar refractivity (Wildman–Crippen MR) is 45.7 cm³/mol. The fourth-order valence-corrected chi connectivity index (χ4v) is 0.658. The first-order valence-electron chi connectivity index (χ1n) is 4.27. The number of rotatable bonds is 7. The van der Waals surface area contributed by atoms with Gasteiger partial charge in [-0.1, -0.05) is 13.8 Å². The molecule has 0 saturated carbocycles. The lowest BCUT2D eigenvalue weighted by Crippen LogP contribution is -2.22. The molecule has 3 nitrogen and oxygen atoms in total. The number of likely N-dealkylation sites (N-methyl/N-ethyl adjacent to an activating group) is 1. The largest absolute Gasteiger partial charge is 0.391 e. The molecule has 1 atom stereocenters. The zero-order valence-corrected chi connectivity index (χ0v) is 7.47. The van der Waals surface area contributed by atoms with Gasteiger partial charge in [-0.25, -0.2) is 0 Å². The average Bonchev–Trinajstić information content (AvgIpc) is 2.04. The van der Waals surface area contributed by atoms with Crippen molar-refractivity contribution in [3.8, 4) is 0 Å². The van der Waals surface area contributed by atoms with E-state index in [9.17, 15) is 0 Å². The summed E-state index contributed by atoms with van der Waals surface area (Å²) in [6.45, 7) is 6.98. The number of hydrogen-bond donors (Lipinski definition) is 2. The predicted octanol–water partition coefficient (Wildman–Crippen LogP) is 0.383. The molecule has 0 radical (unpaired) electrons. The van der Waals surface area contributed by atoms with Crippen molar-refractivity contribution in [1.29, 1.82) is 0 Å². The minimum atomic E-state index is -0.295. The minimum Gasteiger partial charge on any atom is -0.391 e. The van der Waals surface area contributed by atoms with E-state index < -0.39 is 0 Å². The molecular weight excluding hydrogens is 142 g/mol. The van der Waals surface area contributed by atoms with Crippen LogP contribution in [0.25, 0.3) is 0 Å². The van der Waals surface area contributed by atoms with Crippen LogP contribution < -0.4 is 5.32 Å². The molecule has 0 rings (SSSR count). The average molecular weight is 161 g/mol. The van der Waals surface area contributed by atoms with Crippen LogP contribution in [-0.2, 0) is 4.74 Å².